The van der Waals surface area contributed by atoms with Gasteiger partial charge in [0.15, 0.2) is 0 Å². The number of rotatable bonds is 5. The van der Waals surface area contributed by atoms with Crippen molar-refractivity contribution in [1.29, 1.82) is 0 Å². The minimum Gasteiger partial charge on any atom is -0.387 e. The fourth-order valence-electron chi connectivity index (χ4n) is 3.40. The molecule has 7 atom stereocenters. The summed E-state index contributed by atoms with van der Waals surface area (Å²) in [5.74, 6) is 0.365. The predicted molar refractivity (Wildman–Crippen MR) is 96.9 cm³/mol. The van der Waals surface area contributed by atoms with Gasteiger partial charge in [0.05, 0.1) is 6.04 Å². The molecule has 144 valence electrons. The predicted octanol–water partition coefficient (Wildman–Crippen LogP) is -0.0448. The first-order valence-corrected chi connectivity index (χ1v) is 10.1. The van der Waals surface area contributed by atoms with Crippen LogP contribution in [0, 0.1) is 5.92 Å². The number of piperidine rings is 1. The largest absolute Gasteiger partial charge is 0.387 e. The summed E-state index contributed by atoms with van der Waals surface area (Å²) in [6.07, 6.45) is 1.59. The fourth-order valence-corrected chi connectivity index (χ4v) is 4.07. The maximum Gasteiger partial charge on any atom is 0.241 e. The molecule has 0 bridgehead atoms. The number of amides is 1. The molecule has 7 unspecified atom stereocenters. The standard InChI is InChI=1S/C17H30N2O5S/c1-4-9-6-7-18-11(8-9)16(23)19-10(5-2)15-13(21)12(20)14(22)17(24-15)25-3/h5,9,11-15,17-18,20-22H,4,6-8H2,1-3H3,(H,19,23)/b10-5+. The van der Waals surface area contributed by atoms with Crippen molar-refractivity contribution in [3.8, 4) is 0 Å². The number of aliphatic hydroxyl groups excluding tert-OH is 3. The van der Waals surface area contributed by atoms with Crippen LogP contribution in [0.2, 0.25) is 0 Å². The van der Waals surface area contributed by atoms with Crippen LogP contribution in [0.25, 0.3) is 0 Å². The highest BCUT2D eigenvalue weighted by atomic mass is 32.2. The van der Waals surface area contributed by atoms with Crippen LogP contribution in [-0.2, 0) is 9.53 Å². The maximum atomic E-state index is 12.6. The van der Waals surface area contributed by atoms with Crippen LogP contribution in [0.4, 0.5) is 0 Å². The van der Waals surface area contributed by atoms with Gasteiger partial charge in [-0.1, -0.05) is 19.4 Å². The van der Waals surface area contributed by atoms with E-state index in [1.54, 1.807) is 19.3 Å². The second-order valence-corrected chi connectivity index (χ2v) is 7.61. The van der Waals surface area contributed by atoms with E-state index in [9.17, 15) is 20.1 Å². The summed E-state index contributed by atoms with van der Waals surface area (Å²) in [6, 6.07) is -0.277. The van der Waals surface area contributed by atoms with Gasteiger partial charge < -0.3 is 30.7 Å². The SMILES string of the molecule is C/C=C(/NC(=O)C1CC(CC)CCN1)C1OC(SC)C(O)C(O)C1O. The summed E-state index contributed by atoms with van der Waals surface area (Å²) in [5, 5.41) is 36.4. The third-order valence-corrected chi connectivity index (χ3v) is 5.95. The summed E-state index contributed by atoms with van der Waals surface area (Å²) in [4.78, 5) is 12.6. The van der Waals surface area contributed by atoms with Crippen LogP contribution in [0.5, 0.6) is 0 Å². The zero-order chi connectivity index (χ0) is 18.6. The summed E-state index contributed by atoms with van der Waals surface area (Å²) < 4.78 is 5.71. The van der Waals surface area contributed by atoms with Crippen LogP contribution >= 0.6 is 11.8 Å². The average Bonchev–Trinajstić information content (AvgIpc) is 2.64. The Labute approximate surface area is 153 Å². The molecule has 0 aliphatic carbocycles. The van der Waals surface area contributed by atoms with Crippen LogP contribution < -0.4 is 10.6 Å². The molecule has 25 heavy (non-hydrogen) atoms. The Balaban J connectivity index is 2.05. The van der Waals surface area contributed by atoms with E-state index >= 15 is 0 Å². The van der Waals surface area contributed by atoms with Crippen LogP contribution in [0.1, 0.15) is 33.1 Å². The number of thioether (sulfide) groups is 1. The van der Waals surface area contributed by atoms with E-state index in [0.29, 0.717) is 11.6 Å². The Kier molecular flexibility index (Phi) is 7.72. The van der Waals surface area contributed by atoms with Gasteiger partial charge in [-0.3, -0.25) is 4.79 Å². The smallest absolute Gasteiger partial charge is 0.241 e. The normalized spacial score (nSPS) is 39.9. The van der Waals surface area contributed by atoms with Crippen molar-refractivity contribution in [2.75, 3.05) is 12.8 Å². The molecule has 0 aromatic rings. The number of nitrogens with one attached hydrogen (secondary N) is 2. The summed E-state index contributed by atoms with van der Waals surface area (Å²) >= 11 is 1.25. The monoisotopic (exact) mass is 374 g/mol. The third kappa shape index (κ3) is 4.75. The molecule has 2 aliphatic rings. The molecule has 0 aromatic heterocycles. The number of ether oxygens (including phenoxy) is 1. The topological polar surface area (TPSA) is 111 Å². The molecule has 2 rings (SSSR count). The molecule has 1 amide bonds. The first-order valence-electron chi connectivity index (χ1n) is 8.85. The lowest BCUT2D eigenvalue weighted by atomic mass is 9.90. The molecule has 0 saturated carbocycles. The van der Waals surface area contributed by atoms with E-state index in [1.807, 2.05) is 0 Å². The van der Waals surface area contributed by atoms with E-state index in [1.165, 1.54) is 11.8 Å². The van der Waals surface area contributed by atoms with Crippen LogP contribution in [-0.4, -0.2) is 69.9 Å². The Morgan fingerprint density at radius 3 is 2.64 bits per heavy atom. The number of allylic oxidation sites excluding steroid dienone is 1. The van der Waals surface area contributed by atoms with Crippen molar-refractivity contribution in [2.24, 2.45) is 5.92 Å². The van der Waals surface area contributed by atoms with Gasteiger partial charge in [-0.2, -0.15) is 0 Å². The molecular weight excluding hydrogens is 344 g/mol. The van der Waals surface area contributed by atoms with E-state index in [4.69, 9.17) is 4.74 Å². The Morgan fingerprint density at radius 1 is 1.32 bits per heavy atom. The van der Waals surface area contributed by atoms with Gasteiger partial charge in [-0.15, -0.1) is 11.8 Å². The van der Waals surface area contributed by atoms with E-state index in [0.717, 1.165) is 25.8 Å². The lowest BCUT2D eigenvalue weighted by Crippen LogP contribution is -2.59. The fraction of sp³-hybridized carbons (Fsp3) is 0.824. The van der Waals surface area contributed by atoms with E-state index in [2.05, 4.69) is 17.6 Å². The van der Waals surface area contributed by atoms with Gasteiger partial charge in [-0.05, 0) is 38.5 Å². The number of carbonyl (C=O) groups is 1. The summed E-state index contributed by atoms with van der Waals surface area (Å²) in [7, 11) is 0. The first kappa shape index (κ1) is 20.7. The Hall–Kier alpha value is -0.640. The highest BCUT2D eigenvalue weighted by molar-refractivity contribution is 7.99. The highest BCUT2D eigenvalue weighted by Crippen LogP contribution is 2.30. The minimum atomic E-state index is -1.33. The molecule has 8 heteroatoms. The molecule has 0 radical (unpaired) electrons. The molecule has 5 N–H and O–H groups in total. The summed E-state index contributed by atoms with van der Waals surface area (Å²) in [5.41, 5.74) is -0.268. The lowest BCUT2D eigenvalue weighted by molar-refractivity contribution is -0.188. The quantitative estimate of drug-likeness (QED) is 0.459. The lowest BCUT2D eigenvalue weighted by Gasteiger charge is -2.41. The van der Waals surface area contributed by atoms with Crippen molar-refractivity contribution >= 4 is 17.7 Å². The van der Waals surface area contributed by atoms with Crippen molar-refractivity contribution < 1.29 is 24.9 Å². The van der Waals surface area contributed by atoms with Crippen LogP contribution in [0.15, 0.2) is 11.8 Å². The Bertz CT molecular complexity index is 488. The second kappa shape index (κ2) is 9.34. The summed E-state index contributed by atoms with van der Waals surface area (Å²) in [6.45, 7) is 4.67. The van der Waals surface area contributed by atoms with Gasteiger partial charge in [-0.25, -0.2) is 0 Å². The van der Waals surface area contributed by atoms with Crippen molar-refractivity contribution in [3.05, 3.63) is 11.8 Å². The minimum absolute atomic E-state index is 0.164. The molecule has 0 spiro atoms. The van der Waals surface area contributed by atoms with Gasteiger partial charge in [0, 0.05) is 5.70 Å². The molecule has 0 aromatic carbocycles. The number of hydrogen-bond donors (Lipinski definition) is 5. The van der Waals surface area contributed by atoms with E-state index in [-0.39, 0.29) is 11.9 Å². The van der Waals surface area contributed by atoms with Gasteiger partial charge in [0.25, 0.3) is 0 Å². The zero-order valence-electron chi connectivity index (χ0n) is 15.0. The number of hydrogen-bond acceptors (Lipinski definition) is 7. The molecule has 2 saturated heterocycles. The maximum absolute atomic E-state index is 12.6. The zero-order valence-corrected chi connectivity index (χ0v) is 15.8. The molecule has 7 nitrogen and oxygen atoms in total. The Morgan fingerprint density at radius 2 is 2.04 bits per heavy atom. The van der Waals surface area contributed by atoms with Crippen molar-refractivity contribution in [1.82, 2.24) is 10.6 Å². The first-order chi connectivity index (χ1) is 11.9. The molecule has 2 fully saturated rings. The average molecular weight is 375 g/mol. The van der Waals surface area contributed by atoms with Gasteiger partial charge in [0.1, 0.15) is 29.9 Å². The van der Waals surface area contributed by atoms with Crippen molar-refractivity contribution in [2.45, 2.75) is 69.0 Å². The second-order valence-electron chi connectivity index (χ2n) is 6.67. The third-order valence-electron chi connectivity index (χ3n) is 5.09. The van der Waals surface area contributed by atoms with Gasteiger partial charge >= 0.3 is 0 Å². The highest BCUT2D eigenvalue weighted by Gasteiger charge is 2.45. The van der Waals surface area contributed by atoms with Gasteiger partial charge in [0.2, 0.25) is 5.91 Å². The van der Waals surface area contributed by atoms with E-state index < -0.39 is 29.9 Å². The molecule has 2 aliphatic heterocycles. The molecule has 2 heterocycles. The number of carbonyl (C=O) groups excluding carboxylic acids is 1. The molecular formula is C17H30N2O5S. The van der Waals surface area contributed by atoms with Crippen molar-refractivity contribution in [3.63, 3.8) is 0 Å². The van der Waals surface area contributed by atoms with Crippen LogP contribution in [0.3, 0.4) is 0 Å². The number of aliphatic hydroxyl groups is 3.